The lowest BCUT2D eigenvalue weighted by Crippen LogP contribution is -2.15. The molecule has 0 aliphatic heterocycles. The summed E-state index contributed by atoms with van der Waals surface area (Å²) in [5, 5.41) is 9.13. The third-order valence-electron chi connectivity index (χ3n) is 1.20. The molecule has 1 aliphatic rings. The molecule has 2 nitrogen and oxygen atoms in total. The molecule has 0 radical (unpaired) electrons. The molecule has 0 aromatic rings. The first-order valence-corrected chi connectivity index (χ1v) is 3.61. The lowest BCUT2D eigenvalue weighted by atomic mass is 10.7. The van der Waals surface area contributed by atoms with Crippen molar-refractivity contribution >= 4 is 39.0 Å². The average molecular weight is 207 g/mol. The smallest absolute Gasteiger partial charge is 0.316 e. The quantitative estimate of drug-likeness (QED) is 0.391. The van der Waals surface area contributed by atoms with Gasteiger partial charge in [-0.3, -0.25) is 0 Å². The van der Waals surface area contributed by atoms with Gasteiger partial charge in [0.1, 0.15) is 0 Å². The molecule has 0 spiro atoms. The Bertz CT molecular complexity index is 101. The van der Waals surface area contributed by atoms with Crippen molar-refractivity contribution in [1.29, 1.82) is 0 Å². The van der Waals surface area contributed by atoms with E-state index in [1.165, 1.54) is 0 Å². The molecule has 1 aliphatic carbocycles. The van der Waals surface area contributed by atoms with Crippen LogP contribution in [0.1, 0.15) is 13.3 Å². The molecule has 1 rings (SSSR count). The van der Waals surface area contributed by atoms with Crippen molar-refractivity contribution in [2.24, 2.45) is 0 Å². The highest BCUT2D eigenvalue weighted by atomic mass is 79.9. The van der Waals surface area contributed by atoms with Crippen LogP contribution in [0.5, 0.6) is 0 Å². The molecule has 0 heterocycles. The fourth-order valence-corrected chi connectivity index (χ4v) is 1.19. The van der Waals surface area contributed by atoms with E-state index in [4.69, 9.17) is 9.84 Å². The summed E-state index contributed by atoms with van der Waals surface area (Å²) in [6, 6.07) is 0. The fourth-order valence-electron chi connectivity index (χ4n) is 0.597. The number of rotatable bonds is 2. The molecule has 1 saturated carbocycles. The van der Waals surface area contributed by atoms with E-state index in [2.05, 4.69) is 15.9 Å². The maximum Gasteiger partial charge on any atom is 0.316 e. The minimum atomic E-state index is -0.825. The number of hydrogen-bond acceptors (Lipinski definition) is 2. The predicted molar refractivity (Wildman–Crippen MR) is 42.5 cm³/mol. The molecule has 0 amide bonds. The van der Waals surface area contributed by atoms with Crippen LogP contribution >= 0.6 is 15.9 Å². The number of alkyl halides is 1. The number of ether oxygens (including phenoxy) is 1. The maximum absolute atomic E-state index is 9.13. The third-order valence-corrected chi connectivity index (χ3v) is 2.23. The minimum Gasteiger partial charge on any atom is -0.364 e. The van der Waals surface area contributed by atoms with Crippen LogP contribution in [-0.2, 0) is 4.74 Å². The van der Waals surface area contributed by atoms with Crippen molar-refractivity contribution in [3.05, 3.63) is 0 Å². The summed E-state index contributed by atoms with van der Waals surface area (Å²) in [5.41, 5.74) is 0. The van der Waals surface area contributed by atoms with Gasteiger partial charge in [-0.2, -0.15) is 0 Å². The third kappa shape index (κ3) is 2.35. The largest absolute Gasteiger partial charge is 0.364 e. The fraction of sp³-hybridized carbons (Fsp3) is 1.00. The summed E-state index contributed by atoms with van der Waals surface area (Å²) in [6.07, 6.45) is 0.723. The van der Waals surface area contributed by atoms with Crippen LogP contribution < -0.4 is 0 Å². The Hall–Kier alpha value is 1.17. The molecule has 4 heteroatoms. The van der Waals surface area contributed by atoms with Gasteiger partial charge in [-0.15, -0.1) is 0 Å². The molecule has 52 valence electrons. The molecule has 9 heavy (non-hydrogen) atoms. The molecule has 2 atom stereocenters. The Morgan fingerprint density at radius 2 is 2.33 bits per heavy atom. The normalized spacial score (nSPS) is 39.7. The Labute approximate surface area is 79.2 Å². The van der Waals surface area contributed by atoms with Crippen molar-refractivity contribution in [3.8, 4) is 0 Å². The average Bonchev–Trinajstić information content (AvgIpc) is 2.16. The van der Waals surface area contributed by atoms with Gasteiger partial charge < -0.3 is 9.84 Å². The Kier molecular flexibility index (Phi) is 3.98. The van der Waals surface area contributed by atoms with Crippen molar-refractivity contribution in [1.82, 2.24) is 0 Å². The van der Waals surface area contributed by atoms with Gasteiger partial charge in [-0.05, 0) is 6.92 Å². The summed E-state index contributed by atoms with van der Waals surface area (Å²) in [6.45, 7) is 2.45. The number of aliphatic hydroxyl groups is 1. The molecular weight excluding hydrogens is 196 g/mol. The van der Waals surface area contributed by atoms with Gasteiger partial charge in [0.2, 0.25) is 0 Å². The van der Waals surface area contributed by atoms with Crippen LogP contribution in [0.3, 0.4) is 0 Å². The van der Waals surface area contributed by atoms with E-state index in [1.54, 1.807) is 0 Å². The predicted octanol–water partition coefficient (Wildman–Crippen LogP) is -0.0375. The van der Waals surface area contributed by atoms with Gasteiger partial charge in [-0.1, -0.05) is 15.9 Å². The van der Waals surface area contributed by atoms with Crippen LogP contribution in [0, 0.1) is 0 Å². The molecule has 0 aromatic carbocycles. The first-order chi connectivity index (χ1) is 3.69. The van der Waals surface area contributed by atoms with Crippen LogP contribution in [0.2, 0.25) is 0 Å². The van der Waals surface area contributed by atoms with E-state index in [0.717, 1.165) is 6.42 Å². The monoisotopic (exact) mass is 206 g/mol. The summed E-state index contributed by atoms with van der Waals surface area (Å²) >= 11 is 3.23. The van der Waals surface area contributed by atoms with E-state index in [9.17, 15) is 0 Å². The summed E-state index contributed by atoms with van der Waals surface area (Å²) < 4.78 is 4.96. The highest BCUT2D eigenvalue weighted by Crippen LogP contribution is 2.43. The topological polar surface area (TPSA) is 29.5 Å². The first-order valence-electron chi connectivity index (χ1n) is 2.69. The van der Waals surface area contributed by atoms with Gasteiger partial charge in [0.15, 0.2) is 5.79 Å². The van der Waals surface area contributed by atoms with Gasteiger partial charge in [0.25, 0.3) is 0 Å². The Morgan fingerprint density at radius 3 is 2.44 bits per heavy atom. The van der Waals surface area contributed by atoms with E-state index >= 15 is 0 Å². The standard InChI is InChI=1S/C5H9BrO2.Mg.2H/c1-2-8-5(7)3-4(5)6;;;/h4,7H,2-3H2,1H3;;;. The zero-order valence-electron chi connectivity index (χ0n) is 4.72. The minimum absolute atomic E-state index is 0. The van der Waals surface area contributed by atoms with E-state index < -0.39 is 5.79 Å². The summed E-state index contributed by atoms with van der Waals surface area (Å²) in [7, 11) is 0. The Morgan fingerprint density at radius 1 is 1.89 bits per heavy atom. The van der Waals surface area contributed by atoms with E-state index in [1.807, 2.05) is 6.92 Å². The molecule has 0 saturated heterocycles. The lowest BCUT2D eigenvalue weighted by Gasteiger charge is -2.05. The summed E-state index contributed by atoms with van der Waals surface area (Å²) in [4.78, 5) is 0.162. The van der Waals surface area contributed by atoms with Crippen molar-refractivity contribution in [2.45, 2.75) is 24.0 Å². The van der Waals surface area contributed by atoms with E-state index in [0.29, 0.717) is 6.61 Å². The van der Waals surface area contributed by atoms with Gasteiger partial charge in [0.05, 0.1) is 4.83 Å². The molecular formula is C5H11BrMgO2. The van der Waals surface area contributed by atoms with Gasteiger partial charge in [0, 0.05) is 13.0 Å². The molecule has 0 aromatic heterocycles. The van der Waals surface area contributed by atoms with Gasteiger partial charge >= 0.3 is 23.1 Å². The second-order valence-corrected chi connectivity index (χ2v) is 3.05. The zero-order valence-corrected chi connectivity index (χ0v) is 6.31. The molecule has 0 bridgehead atoms. The maximum atomic E-state index is 9.13. The van der Waals surface area contributed by atoms with Crippen molar-refractivity contribution < 1.29 is 9.84 Å². The van der Waals surface area contributed by atoms with Crippen molar-refractivity contribution in [3.63, 3.8) is 0 Å². The van der Waals surface area contributed by atoms with Crippen LogP contribution in [0.25, 0.3) is 0 Å². The van der Waals surface area contributed by atoms with Crippen molar-refractivity contribution in [2.75, 3.05) is 6.61 Å². The zero-order chi connectivity index (χ0) is 6.20. The molecule has 1 N–H and O–H groups in total. The van der Waals surface area contributed by atoms with Crippen LogP contribution in [0.15, 0.2) is 0 Å². The SMILES string of the molecule is CCOC1(O)CC1Br.[MgH2]. The molecule has 1 fully saturated rings. The second kappa shape index (κ2) is 3.53. The van der Waals surface area contributed by atoms with E-state index in [-0.39, 0.29) is 27.9 Å². The van der Waals surface area contributed by atoms with Crippen LogP contribution in [-0.4, -0.2) is 45.4 Å². The second-order valence-electron chi connectivity index (χ2n) is 1.95. The lowest BCUT2D eigenvalue weighted by molar-refractivity contribution is -0.118. The number of halogens is 1. The molecule has 2 unspecified atom stereocenters. The van der Waals surface area contributed by atoms with Gasteiger partial charge in [-0.25, -0.2) is 0 Å². The number of hydrogen-bond donors (Lipinski definition) is 1. The first kappa shape index (κ1) is 10.2. The Balaban J connectivity index is 0.000000640. The van der Waals surface area contributed by atoms with Crippen LogP contribution in [0.4, 0.5) is 0 Å². The highest BCUT2D eigenvalue weighted by Gasteiger charge is 2.52. The highest BCUT2D eigenvalue weighted by molar-refractivity contribution is 9.09. The summed E-state index contributed by atoms with van der Waals surface area (Å²) in [5.74, 6) is -0.825.